The standard InChI is InChI=1S/C45H31N/c1-45(2)41-21-9-8-15-33(41)34-25-23-30(27-42(34)45)46(28-12-4-3-5-13-28)29-22-24-32-37-18-11-19-38-39-20-10-17-36(44(39)40(32)26-29)31-14-6-7-16-35(31)43(37)38/h3-27H,1-2H3. The Hall–Kier alpha value is -5.66. The van der Waals surface area contributed by atoms with Gasteiger partial charge in [0.1, 0.15) is 0 Å². The molecule has 3 aliphatic rings. The zero-order chi connectivity index (χ0) is 30.6. The molecule has 10 rings (SSSR count). The fraction of sp³-hybridized carbons (Fsp3) is 0.0667. The zero-order valence-corrected chi connectivity index (χ0v) is 25.9. The van der Waals surface area contributed by atoms with Gasteiger partial charge in [0.05, 0.1) is 0 Å². The van der Waals surface area contributed by atoms with Crippen LogP contribution in [0.2, 0.25) is 0 Å². The van der Waals surface area contributed by atoms with E-state index < -0.39 is 0 Å². The Morgan fingerprint density at radius 1 is 0.326 bits per heavy atom. The summed E-state index contributed by atoms with van der Waals surface area (Å²) in [6, 6.07) is 56.5. The van der Waals surface area contributed by atoms with Crippen LogP contribution in [0.5, 0.6) is 0 Å². The predicted octanol–water partition coefficient (Wildman–Crippen LogP) is 12.4. The molecule has 0 unspecified atom stereocenters. The lowest BCUT2D eigenvalue weighted by Gasteiger charge is -2.29. The molecule has 3 aliphatic carbocycles. The number of rotatable bonds is 3. The second kappa shape index (κ2) is 9.19. The van der Waals surface area contributed by atoms with E-state index in [0.29, 0.717) is 0 Å². The van der Waals surface area contributed by atoms with Crippen molar-refractivity contribution in [1.82, 2.24) is 0 Å². The molecule has 0 atom stereocenters. The molecule has 6 bridgehead atoms. The van der Waals surface area contributed by atoms with Crippen molar-refractivity contribution in [2.45, 2.75) is 19.3 Å². The maximum absolute atomic E-state index is 2.44. The van der Waals surface area contributed by atoms with E-state index in [4.69, 9.17) is 0 Å². The Morgan fingerprint density at radius 3 is 1.52 bits per heavy atom. The van der Waals surface area contributed by atoms with Gasteiger partial charge in [0.25, 0.3) is 0 Å². The highest BCUT2D eigenvalue weighted by Gasteiger charge is 2.36. The summed E-state index contributed by atoms with van der Waals surface area (Å²) in [5.41, 5.74) is 22.0. The first kappa shape index (κ1) is 25.6. The van der Waals surface area contributed by atoms with Gasteiger partial charge in [-0.3, -0.25) is 0 Å². The van der Waals surface area contributed by atoms with E-state index in [1.165, 1.54) is 83.6 Å². The van der Waals surface area contributed by atoms with E-state index in [0.717, 1.165) is 11.4 Å². The van der Waals surface area contributed by atoms with Crippen LogP contribution in [0.1, 0.15) is 25.0 Å². The smallest absolute Gasteiger partial charge is 0.0468 e. The van der Waals surface area contributed by atoms with Gasteiger partial charge in [0.2, 0.25) is 0 Å². The van der Waals surface area contributed by atoms with Crippen molar-refractivity contribution in [2.24, 2.45) is 0 Å². The second-order valence-corrected chi connectivity index (χ2v) is 13.3. The maximum atomic E-state index is 2.44. The highest BCUT2D eigenvalue weighted by molar-refractivity contribution is 6.15. The molecule has 216 valence electrons. The molecule has 0 amide bonds. The molecular formula is C45H31N. The minimum absolute atomic E-state index is 0.0727. The van der Waals surface area contributed by atoms with Gasteiger partial charge in [-0.2, -0.15) is 0 Å². The van der Waals surface area contributed by atoms with Crippen LogP contribution < -0.4 is 4.90 Å². The van der Waals surface area contributed by atoms with Crippen molar-refractivity contribution in [3.8, 4) is 66.8 Å². The quantitative estimate of drug-likeness (QED) is 0.199. The van der Waals surface area contributed by atoms with E-state index in [1.54, 1.807) is 0 Å². The van der Waals surface area contributed by atoms with Gasteiger partial charge in [-0.25, -0.2) is 0 Å². The molecule has 1 heteroatoms. The first-order chi connectivity index (χ1) is 22.6. The lowest BCUT2D eigenvalue weighted by atomic mass is 9.82. The Labute approximate surface area is 270 Å². The van der Waals surface area contributed by atoms with E-state index in [-0.39, 0.29) is 5.41 Å². The van der Waals surface area contributed by atoms with E-state index in [9.17, 15) is 0 Å². The Kier molecular flexibility index (Phi) is 5.12. The van der Waals surface area contributed by atoms with Crippen molar-refractivity contribution in [2.75, 3.05) is 4.90 Å². The Morgan fingerprint density at radius 2 is 0.804 bits per heavy atom. The predicted molar refractivity (Wildman–Crippen MR) is 193 cm³/mol. The first-order valence-corrected chi connectivity index (χ1v) is 16.2. The van der Waals surface area contributed by atoms with Crippen molar-refractivity contribution in [1.29, 1.82) is 0 Å². The van der Waals surface area contributed by atoms with Crippen molar-refractivity contribution < 1.29 is 0 Å². The van der Waals surface area contributed by atoms with Gasteiger partial charge in [-0.05, 0) is 114 Å². The summed E-state index contributed by atoms with van der Waals surface area (Å²) < 4.78 is 0. The molecule has 0 saturated carbocycles. The summed E-state index contributed by atoms with van der Waals surface area (Å²) in [4.78, 5) is 2.43. The molecule has 0 N–H and O–H groups in total. The molecule has 46 heavy (non-hydrogen) atoms. The molecule has 7 aromatic carbocycles. The van der Waals surface area contributed by atoms with Gasteiger partial charge < -0.3 is 4.90 Å². The summed E-state index contributed by atoms with van der Waals surface area (Å²) in [7, 11) is 0. The average Bonchev–Trinajstić information content (AvgIpc) is 3.26. The highest BCUT2D eigenvalue weighted by atomic mass is 15.1. The monoisotopic (exact) mass is 585 g/mol. The van der Waals surface area contributed by atoms with Gasteiger partial charge in [-0.15, -0.1) is 0 Å². The lowest BCUT2D eigenvalue weighted by molar-refractivity contribution is 0.660. The molecule has 1 nitrogen and oxygen atoms in total. The summed E-state index contributed by atoms with van der Waals surface area (Å²) in [5, 5.41) is 0. The van der Waals surface area contributed by atoms with Gasteiger partial charge in [-0.1, -0.05) is 129 Å². The fourth-order valence-corrected chi connectivity index (χ4v) is 8.49. The van der Waals surface area contributed by atoms with E-state index in [2.05, 4.69) is 170 Å². The molecule has 0 spiro atoms. The molecule has 0 radical (unpaired) electrons. The molecule has 0 aliphatic heterocycles. The lowest BCUT2D eigenvalue weighted by Crippen LogP contribution is -2.16. The summed E-state index contributed by atoms with van der Waals surface area (Å²) in [6.45, 7) is 4.72. The number of fused-ring (bicyclic) bond motifs is 7. The van der Waals surface area contributed by atoms with Crippen LogP contribution in [0.15, 0.2) is 152 Å². The first-order valence-electron chi connectivity index (χ1n) is 16.2. The summed E-state index contributed by atoms with van der Waals surface area (Å²) in [6.07, 6.45) is 0. The average molecular weight is 586 g/mol. The van der Waals surface area contributed by atoms with Crippen LogP contribution in [0.4, 0.5) is 17.1 Å². The normalized spacial score (nSPS) is 13.6. The highest BCUT2D eigenvalue weighted by Crippen LogP contribution is 2.58. The van der Waals surface area contributed by atoms with Crippen molar-refractivity contribution >= 4 is 17.1 Å². The Bertz CT molecular complexity index is 2370. The third-order valence-corrected chi connectivity index (χ3v) is 10.6. The number of para-hydroxylation sites is 1. The second-order valence-electron chi connectivity index (χ2n) is 13.3. The van der Waals surface area contributed by atoms with Crippen LogP contribution in [-0.2, 0) is 5.41 Å². The summed E-state index contributed by atoms with van der Waals surface area (Å²) >= 11 is 0. The van der Waals surface area contributed by atoms with Crippen molar-refractivity contribution in [3.05, 3.63) is 163 Å². The molecule has 0 heterocycles. The number of anilines is 3. The molecule has 7 aromatic rings. The van der Waals surface area contributed by atoms with E-state index in [1.807, 2.05) is 0 Å². The minimum Gasteiger partial charge on any atom is -0.310 e. The summed E-state index contributed by atoms with van der Waals surface area (Å²) in [5.74, 6) is 0. The van der Waals surface area contributed by atoms with Crippen LogP contribution in [0.3, 0.4) is 0 Å². The number of hydrogen-bond acceptors (Lipinski definition) is 1. The third kappa shape index (κ3) is 3.35. The minimum atomic E-state index is -0.0727. The van der Waals surface area contributed by atoms with E-state index >= 15 is 0 Å². The fourth-order valence-electron chi connectivity index (χ4n) is 8.49. The zero-order valence-electron chi connectivity index (χ0n) is 25.9. The molecular weight excluding hydrogens is 555 g/mol. The number of benzene rings is 7. The van der Waals surface area contributed by atoms with Crippen LogP contribution in [0.25, 0.3) is 66.8 Å². The Balaban J connectivity index is 1.23. The van der Waals surface area contributed by atoms with Gasteiger partial charge in [0, 0.05) is 22.5 Å². The third-order valence-electron chi connectivity index (χ3n) is 10.6. The van der Waals surface area contributed by atoms with Crippen LogP contribution in [-0.4, -0.2) is 0 Å². The van der Waals surface area contributed by atoms with Gasteiger partial charge in [0.15, 0.2) is 0 Å². The van der Waals surface area contributed by atoms with Crippen LogP contribution in [0, 0.1) is 0 Å². The molecule has 0 saturated heterocycles. The van der Waals surface area contributed by atoms with Crippen molar-refractivity contribution in [3.63, 3.8) is 0 Å². The largest absolute Gasteiger partial charge is 0.310 e. The molecule has 0 aromatic heterocycles. The SMILES string of the molecule is CC1(C)c2ccccc2-c2ccc(N(c3ccccc3)c3ccc4c(c3)-c3c5cccc3-c3cccc-4c3-c3ccccc3-5)cc21. The van der Waals surface area contributed by atoms with Crippen LogP contribution >= 0.6 is 0 Å². The topological polar surface area (TPSA) is 3.24 Å². The number of hydrogen-bond donors (Lipinski definition) is 0. The van der Waals surface area contributed by atoms with Gasteiger partial charge >= 0.3 is 0 Å². The maximum Gasteiger partial charge on any atom is 0.0468 e. The number of nitrogens with zero attached hydrogens (tertiary/aromatic N) is 1. The molecule has 0 fully saturated rings.